The summed E-state index contributed by atoms with van der Waals surface area (Å²) in [5.41, 5.74) is 5.04. The van der Waals surface area contributed by atoms with Crippen molar-refractivity contribution in [3.63, 3.8) is 0 Å². The molecule has 0 N–H and O–H groups in total. The molecule has 0 fully saturated rings. The van der Waals surface area contributed by atoms with Gasteiger partial charge in [-0.25, -0.2) is 0 Å². The van der Waals surface area contributed by atoms with Gasteiger partial charge in [0.05, 0.1) is 18.0 Å². The molecule has 0 spiro atoms. The SMILES string of the molecule is O=C(C1=CCC=C1C(=NCc1ccccn1)c1ccccc1)c1ccccc1. The van der Waals surface area contributed by atoms with Crippen molar-refractivity contribution in [3.05, 3.63) is 125 Å². The number of benzene rings is 2. The number of carbonyl (C=O) groups is 1. The van der Waals surface area contributed by atoms with Crippen molar-refractivity contribution < 1.29 is 4.79 Å². The monoisotopic (exact) mass is 364 g/mol. The van der Waals surface area contributed by atoms with Crippen LogP contribution in [-0.2, 0) is 6.54 Å². The van der Waals surface area contributed by atoms with E-state index in [-0.39, 0.29) is 5.78 Å². The van der Waals surface area contributed by atoms with Crippen LogP contribution < -0.4 is 0 Å². The molecule has 0 saturated carbocycles. The molecule has 0 saturated heterocycles. The van der Waals surface area contributed by atoms with E-state index in [1.807, 2.05) is 84.9 Å². The van der Waals surface area contributed by atoms with Crippen LogP contribution in [0.15, 0.2) is 113 Å². The van der Waals surface area contributed by atoms with Gasteiger partial charge in [-0.05, 0) is 18.6 Å². The Labute approximate surface area is 164 Å². The third kappa shape index (κ3) is 3.89. The highest BCUT2D eigenvalue weighted by Crippen LogP contribution is 2.27. The first-order valence-corrected chi connectivity index (χ1v) is 9.33. The molecule has 136 valence electrons. The van der Waals surface area contributed by atoms with Crippen LogP contribution in [0.2, 0.25) is 0 Å². The molecule has 3 nitrogen and oxygen atoms in total. The molecule has 1 aliphatic carbocycles. The van der Waals surface area contributed by atoms with E-state index in [0.717, 1.165) is 34.5 Å². The molecule has 28 heavy (non-hydrogen) atoms. The summed E-state index contributed by atoms with van der Waals surface area (Å²) < 4.78 is 0. The highest BCUT2D eigenvalue weighted by atomic mass is 16.1. The van der Waals surface area contributed by atoms with Crippen molar-refractivity contribution in [3.8, 4) is 0 Å². The number of rotatable bonds is 6. The zero-order valence-electron chi connectivity index (χ0n) is 15.5. The Hall–Kier alpha value is -3.59. The number of pyridine rings is 1. The lowest BCUT2D eigenvalue weighted by atomic mass is 9.93. The van der Waals surface area contributed by atoms with Gasteiger partial charge in [0.1, 0.15) is 0 Å². The van der Waals surface area contributed by atoms with E-state index in [1.165, 1.54) is 0 Å². The van der Waals surface area contributed by atoms with Crippen molar-refractivity contribution in [2.75, 3.05) is 0 Å². The predicted octanol–water partition coefficient (Wildman–Crippen LogP) is 5.21. The number of Topliss-reactive ketones (excluding diaryl/α,β-unsaturated/α-hetero) is 1. The molecule has 0 aliphatic heterocycles. The fourth-order valence-electron chi connectivity index (χ4n) is 3.28. The second-order valence-electron chi connectivity index (χ2n) is 6.52. The Morgan fingerprint density at radius 1 is 0.786 bits per heavy atom. The molecule has 1 heterocycles. The molecule has 2 aromatic carbocycles. The van der Waals surface area contributed by atoms with Crippen LogP contribution >= 0.6 is 0 Å². The van der Waals surface area contributed by atoms with E-state index < -0.39 is 0 Å². The number of aromatic nitrogens is 1. The average Bonchev–Trinajstić information content (AvgIpc) is 3.25. The molecule has 0 amide bonds. The normalized spacial score (nSPS) is 13.8. The molecule has 0 unspecified atom stereocenters. The maximum Gasteiger partial charge on any atom is 0.193 e. The third-order valence-corrected chi connectivity index (χ3v) is 4.64. The van der Waals surface area contributed by atoms with Crippen molar-refractivity contribution in [1.82, 2.24) is 4.98 Å². The molecule has 0 atom stereocenters. The summed E-state index contributed by atoms with van der Waals surface area (Å²) >= 11 is 0. The molecule has 1 aliphatic rings. The van der Waals surface area contributed by atoms with E-state index in [2.05, 4.69) is 11.1 Å². The molecular weight excluding hydrogens is 344 g/mol. The van der Waals surface area contributed by atoms with Crippen LogP contribution in [-0.4, -0.2) is 16.5 Å². The van der Waals surface area contributed by atoms with Gasteiger partial charge >= 0.3 is 0 Å². The fraction of sp³-hybridized carbons (Fsp3) is 0.0800. The smallest absolute Gasteiger partial charge is 0.193 e. The third-order valence-electron chi connectivity index (χ3n) is 4.64. The quantitative estimate of drug-likeness (QED) is 0.445. The van der Waals surface area contributed by atoms with Crippen molar-refractivity contribution in [1.29, 1.82) is 0 Å². The lowest BCUT2D eigenvalue weighted by Crippen LogP contribution is -2.13. The van der Waals surface area contributed by atoms with Gasteiger partial charge in [-0.2, -0.15) is 0 Å². The number of allylic oxidation sites excluding steroid dienone is 4. The number of carbonyl (C=O) groups excluding carboxylic acids is 1. The molecule has 3 heteroatoms. The summed E-state index contributed by atoms with van der Waals surface area (Å²) in [5.74, 6) is 0.0332. The minimum absolute atomic E-state index is 0.0332. The van der Waals surface area contributed by atoms with E-state index >= 15 is 0 Å². The topological polar surface area (TPSA) is 42.3 Å². The number of hydrogen-bond acceptors (Lipinski definition) is 3. The summed E-state index contributed by atoms with van der Waals surface area (Å²) in [6.07, 6.45) is 6.58. The molecule has 1 aromatic heterocycles. The van der Waals surface area contributed by atoms with Gasteiger partial charge in [0, 0.05) is 28.5 Å². The van der Waals surface area contributed by atoms with E-state index in [4.69, 9.17) is 4.99 Å². The Kier molecular flexibility index (Phi) is 5.34. The van der Waals surface area contributed by atoms with Crippen LogP contribution in [0.25, 0.3) is 0 Å². The lowest BCUT2D eigenvalue weighted by Gasteiger charge is -2.12. The first kappa shape index (κ1) is 17.8. The molecule has 3 aromatic rings. The molecule has 4 rings (SSSR count). The van der Waals surface area contributed by atoms with Crippen LogP contribution in [0.5, 0.6) is 0 Å². The van der Waals surface area contributed by atoms with Gasteiger partial charge in [0.2, 0.25) is 0 Å². The van der Waals surface area contributed by atoms with Crippen molar-refractivity contribution in [2.24, 2.45) is 4.99 Å². The van der Waals surface area contributed by atoms with Gasteiger partial charge in [0.25, 0.3) is 0 Å². The summed E-state index contributed by atoms with van der Waals surface area (Å²) in [6, 6.07) is 25.2. The Balaban J connectivity index is 1.70. The van der Waals surface area contributed by atoms with Crippen LogP contribution in [0.1, 0.15) is 28.0 Å². The van der Waals surface area contributed by atoms with E-state index in [9.17, 15) is 4.79 Å². The Morgan fingerprint density at radius 2 is 1.43 bits per heavy atom. The van der Waals surface area contributed by atoms with E-state index in [0.29, 0.717) is 12.1 Å². The number of ketones is 1. The van der Waals surface area contributed by atoms with Crippen molar-refractivity contribution in [2.45, 2.75) is 13.0 Å². The van der Waals surface area contributed by atoms with Gasteiger partial charge in [-0.15, -0.1) is 0 Å². The number of nitrogens with zero attached hydrogens (tertiary/aromatic N) is 2. The average molecular weight is 364 g/mol. The fourth-order valence-corrected chi connectivity index (χ4v) is 3.28. The second-order valence-corrected chi connectivity index (χ2v) is 6.52. The maximum atomic E-state index is 13.1. The van der Waals surface area contributed by atoms with Gasteiger partial charge in [-0.3, -0.25) is 14.8 Å². The van der Waals surface area contributed by atoms with Gasteiger partial charge < -0.3 is 0 Å². The van der Waals surface area contributed by atoms with Crippen LogP contribution in [0, 0.1) is 0 Å². The summed E-state index contributed by atoms with van der Waals surface area (Å²) in [5, 5.41) is 0. The molecule has 0 bridgehead atoms. The largest absolute Gasteiger partial charge is 0.289 e. The molecule has 0 radical (unpaired) electrons. The molecular formula is C25H20N2O. The Morgan fingerprint density at radius 3 is 2.11 bits per heavy atom. The zero-order valence-corrected chi connectivity index (χ0v) is 15.5. The summed E-state index contributed by atoms with van der Waals surface area (Å²) in [4.78, 5) is 22.3. The predicted molar refractivity (Wildman–Crippen MR) is 112 cm³/mol. The van der Waals surface area contributed by atoms with Crippen LogP contribution in [0.4, 0.5) is 0 Å². The first-order valence-electron chi connectivity index (χ1n) is 9.33. The standard InChI is InChI=1S/C25H20N2O/c28-25(20-12-5-2-6-13-20)23-16-9-15-22(23)24(19-10-3-1-4-11-19)27-18-21-14-7-8-17-26-21/h1-8,10-17H,9,18H2. The van der Waals surface area contributed by atoms with Crippen molar-refractivity contribution >= 4 is 11.5 Å². The second kappa shape index (κ2) is 8.40. The highest BCUT2D eigenvalue weighted by molar-refractivity contribution is 6.25. The number of aliphatic imine (C=N–C) groups is 1. The van der Waals surface area contributed by atoms with Gasteiger partial charge in [-0.1, -0.05) is 78.9 Å². The van der Waals surface area contributed by atoms with E-state index in [1.54, 1.807) is 6.20 Å². The minimum atomic E-state index is 0.0332. The summed E-state index contributed by atoms with van der Waals surface area (Å²) in [6.45, 7) is 0.467. The summed E-state index contributed by atoms with van der Waals surface area (Å²) in [7, 11) is 0. The highest BCUT2D eigenvalue weighted by Gasteiger charge is 2.23. The minimum Gasteiger partial charge on any atom is -0.289 e. The Bertz CT molecular complexity index is 1050. The zero-order chi connectivity index (χ0) is 19.2. The maximum absolute atomic E-state index is 13.1. The van der Waals surface area contributed by atoms with Gasteiger partial charge in [0.15, 0.2) is 5.78 Å². The first-order chi connectivity index (χ1) is 13.8. The lowest BCUT2D eigenvalue weighted by molar-refractivity contribution is 0.103. The van der Waals surface area contributed by atoms with Crippen LogP contribution in [0.3, 0.4) is 0 Å². The number of hydrogen-bond donors (Lipinski definition) is 0.